The molecule has 1 aromatic carbocycles. The molecule has 0 aromatic heterocycles. The van der Waals surface area contributed by atoms with Crippen molar-refractivity contribution < 1.29 is 14.0 Å². The molecule has 1 N–H and O–H groups in total. The zero-order valence-electron chi connectivity index (χ0n) is 13.7. The molecule has 1 aliphatic heterocycles. The van der Waals surface area contributed by atoms with Gasteiger partial charge < -0.3 is 10.2 Å². The van der Waals surface area contributed by atoms with E-state index in [-0.39, 0.29) is 24.1 Å². The average Bonchev–Trinajstić information content (AvgIpc) is 2.56. The Labute approximate surface area is 137 Å². The molecule has 0 aliphatic carbocycles. The van der Waals surface area contributed by atoms with Gasteiger partial charge in [0.2, 0.25) is 11.8 Å². The van der Waals surface area contributed by atoms with Gasteiger partial charge in [-0.2, -0.15) is 0 Å². The van der Waals surface area contributed by atoms with Crippen molar-refractivity contribution in [1.82, 2.24) is 10.2 Å². The molecule has 0 spiro atoms. The highest BCUT2D eigenvalue weighted by molar-refractivity contribution is 5.80. The van der Waals surface area contributed by atoms with Crippen LogP contribution in [0, 0.1) is 5.82 Å². The number of hydrogen-bond acceptors (Lipinski definition) is 2. The van der Waals surface area contributed by atoms with Gasteiger partial charge in [-0.1, -0.05) is 25.1 Å². The molecule has 1 heterocycles. The lowest BCUT2D eigenvalue weighted by Gasteiger charge is -2.35. The molecule has 1 fully saturated rings. The first kappa shape index (κ1) is 17.4. The second kappa shape index (κ2) is 8.65. The summed E-state index contributed by atoms with van der Waals surface area (Å²) >= 11 is 0. The topological polar surface area (TPSA) is 49.4 Å². The fraction of sp³-hybridized carbons (Fsp3) is 0.556. The minimum Gasteiger partial charge on any atom is -0.355 e. The van der Waals surface area contributed by atoms with Crippen molar-refractivity contribution in [3.05, 3.63) is 35.6 Å². The Bertz CT molecular complexity index is 548. The summed E-state index contributed by atoms with van der Waals surface area (Å²) < 4.78 is 13.5. The lowest BCUT2D eigenvalue weighted by atomic mass is 9.99. The summed E-state index contributed by atoms with van der Waals surface area (Å²) in [5.74, 6) is -0.533. The summed E-state index contributed by atoms with van der Waals surface area (Å²) in [6.07, 6.45) is 4.60. The summed E-state index contributed by atoms with van der Waals surface area (Å²) in [6.45, 7) is 3.23. The van der Waals surface area contributed by atoms with Gasteiger partial charge in [-0.05, 0) is 37.3 Å². The van der Waals surface area contributed by atoms with E-state index in [9.17, 15) is 14.0 Å². The zero-order valence-corrected chi connectivity index (χ0v) is 13.7. The van der Waals surface area contributed by atoms with Gasteiger partial charge in [0.1, 0.15) is 5.82 Å². The summed E-state index contributed by atoms with van der Waals surface area (Å²) in [7, 11) is 0. The molecular weight excluding hydrogens is 295 g/mol. The third kappa shape index (κ3) is 5.05. The molecule has 5 heteroatoms. The van der Waals surface area contributed by atoms with E-state index in [2.05, 4.69) is 12.2 Å². The Hall–Kier alpha value is -1.91. The van der Waals surface area contributed by atoms with Crippen LogP contribution in [0.15, 0.2) is 24.3 Å². The van der Waals surface area contributed by atoms with Crippen molar-refractivity contribution >= 4 is 11.8 Å². The maximum atomic E-state index is 13.5. The number of hydrogen-bond donors (Lipinski definition) is 1. The number of carbonyl (C=O) groups excluding carboxylic acids is 2. The highest BCUT2D eigenvalue weighted by Gasteiger charge is 2.24. The largest absolute Gasteiger partial charge is 0.355 e. The molecule has 0 radical (unpaired) electrons. The van der Waals surface area contributed by atoms with Crippen LogP contribution >= 0.6 is 0 Å². The monoisotopic (exact) mass is 320 g/mol. The predicted molar refractivity (Wildman–Crippen MR) is 87.4 cm³/mol. The van der Waals surface area contributed by atoms with Crippen LogP contribution in [0.25, 0.3) is 0 Å². The highest BCUT2D eigenvalue weighted by atomic mass is 19.1. The third-order valence-corrected chi connectivity index (χ3v) is 4.39. The number of rotatable bonds is 6. The van der Waals surface area contributed by atoms with Gasteiger partial charge in [-0.3, -0.25) is 9.59 Å². The van der Waals surface area contributed by atoms with E-state index in [0.717, 1.165) is 25.8 Å². The molecule has 2 rings (SSSR count). The van der Waals surface area contributed by atoms with E-state index in [4.69, 9.17) is 0 Å². The second-order valence-electron chi connectivity index (χ2n) is 6.01. The number of benzene rings is 1. The lowest BCUT2D eigenvalue weighted by molar-refractivity contribution is -0.134. The fourth-order valence-corrected chi connectivity index (χ4v) is 3.08. The van der Waals surface area contributed by atoms with Crippen molar-refractivity contribution in [2.24, 2.45) is 0 Å². The van der Waals surface area contributed by atoms with E-state index in [0.29, 0.717) is 24.6 Å². The predicted octanol–water partition coefficient (Wildman–Crippen LogP) is 2.67. The van der Waals surface area contributed by atoms with Gasteiger partial charge in [0.05, 0.1) is 6.42 Å². The molecule has 1 aromatic rings. The van der Waals surface area contributed by atoms with E-state index in [1.54, 1.807) is 18.2 Å². The van der Waals surface area contributed by atoms with Gasteiger partial charge in [-0.25, -0.2) is 4.39 Å². The van der Waals surface area contributed by atoms with E-state index in [1.807, 2.05) is 4.90 Å². The van der Waals surface area contributed by atoms with Crippen LogP contribution in [0.1, 0.15) is 44.6 Å². The molecular formula is C18H25FN2O2. The lowest BCUT2D eigenvalue weighted by Crippen LogP contribution is -2.44. The first-order valence-electron chi connectivity index (χ1n) is 8.41. The number of carbonyl (C=O) groups is 2. The smallest absolute Gasteiger partial charge is 0.224 e. The molecule has 1 aliphatic rings. The Morgan fingerprint density at radius 2 is 2.09 bits per heavy atom. The maximum absolute atomic E-state index is 13.5. The summed E-state index contributed by atoms with van der Waals surface area (Å²) in [4.78, 5) is 26.1. The fourth-order valence-electron chi connectivity index (χ4n) is 3.08. The SMILES string of the molecule is CC[C@@H]1CCCCN1C(=O)CCNC(=O)Cc1ccccc1F. The number of amides is 2. The quantitative estimate of drug-likeness (QED) is 0.876. The minimum absolute atomic E-state index is 0.00215. The van der Waals surface area contributed by atoms with Gasteiger partial charge in [0, 0.05) is 25.6 Å². The second-order valence-corrected chi connectivity index (χ2v) is 6.01. The zero-order chi connectivity index (χ0) is 16.7. The number of halogens is 1. The van der Waals surface area contributed by atoms with E-state index < -0.39 is 0 Å². The highest BCUT2D eigenvalue weighted by Crippen LogP contribution is 2.20. The van der Waals surface area contributed by atoms with Crippen molar-refractivity contribution in [2.45, 2.75) is 51.5 Å². The molecule has 1 atom stereocenters. The molecule has 23 heavy (non-hydrogen) atoms. The average molecular weight is 320 g/mol. The van der Waals surface area contributed by atoms with Gasteiger partial charge in [0.25, 0.3) is 0 Å². The maximum Gasteiger partial charge on any atom is 0.224 e. The Kier molecular flexibility index (Phi) is 6.56. The van der Waals surface area contributed by atoms with Gasteiger partial charge >= 0.3 is 0 Å². The molecule has 0 saturated carbocycles. The summed E-state index contributed by atoms with van der Waals surface area (Å²) in [5.41, 5.74) is 0.374. The minimum atomic E-state index is -0.377. The normalized spacial score (nSPS) is 17.8. The van der Waals surface area contributed by atoms with Crippen molar-refractivity contribution in [3.63, 3.8) is 0 Å². The van der Waals surface area contributed by atoms with Crippen LogP contribution in [0.3, 0.4) is 0 Å². The van der Waals surface area contributed by atoms with E-state index >= 15 is 0 Å². The molecule has 0 bridgehead atoms. The van der Waals surface area contributed by atoms with Crippen LogP contribution < -0.4 is 5.32 Å². The van der Waals surface area contributed by atoms with Crippen molar-refractivity contribution in [2.75, 3.05) is 13.1 Å². The molecule has 1 saturated heterocycles. The third-order valence-electron chi connectivity index (χ3n) is 4.39. The molecule has 126 valence electrons. The Balaban J connectivity index is 1.74. The van der Waals surface area contributed by atoms with Crippen LogP contribution in [-0.2, 0) is 16.0 Å². The van der Waals surface area contributed by atoms with Gasteiger partial charge in [-0.15, -0.1) is 0 Å². The van der Waals surface area contributed by atoms with Crippen LogP contribution in [0.5, 0.6) is 0 Å². The Morgan fingerprint density at radius 1 is 1.30 bits per heavy atom. The number of likely N-dealkylation sites (tertiary alicyclic amines) is 1. The molecule has 2 amide bonds. The van der Waals surface area contributed by atoms with Gasteiger partial charge in [0.15, 0.2) is 0 Å². The van der Waals surface area contributed by atoms with E-state index in [1.165, 1.54) is 12.5 Å². The standard InChI is InChI=1S/C18H25FN2O2/c1-2-15-8-5-6-12-21(15)18(23)10-11-20-17(22)13-14-7-3-4-9-16(14)19/h3-4,7,9,15H,2,5-6,8,10-13H2,1H3,(H,20,22)/t15-/m1/s1. The van der Waals surface area contributed by atoms with Crippen LogP contribution in [0.2, 0.25) is 0 Å². The number of nitrogens with one attached hydrogen (secondary N) is 1. The molecule has 4 nitrogen and oxygen atoms in total. The number of piperidine rings is 1. The Morgan fingerprint density at radius 3 is 2.83 bits per heavy atom. The van der Waals surface area contributed by atoms with Crippen molar-refractivity contribution in [1.29, 1.82) is 0 Å². The first-order chi connectivity index (χ1) is 11.1. The first-order valence-corrected chi connectivity index (χ1v) is 8.41. The van der Waals surface area contributed by atoms with Crippen LogP contribution in [-0.4, -0.2) is 35.8 Å². The summed E-state index contributed by atoms with van der Waals surface area (Å²) in [6, 6.07) is 6.58. The molecule has 0 unspecified atom stereocenters. The number of nitrogens with zero attached hydrogens (tertiary/aromatic N) is 1. The summed E-state index contributed by atoms with van der Waals surface area (Å²) in [5, 5.41) is 2.71. The van der Waals surface area contributed by atoms with Crippen molar-refractivity contribution in [3.8, 4) is 0 Å². The van der Waals surface area contributed by atoms with Crippen LogP contribution in [0.4, 0.5) is 4.39 Å².